The maximum absolute atomic E-state index is 8.69. The Morgan fingerprint density at radius 1 is 1.50 bits per heavy atom. The third kappa shape index (κ3) is 3.06. The van der Waals surface area contributed by atoms with Crippen LogP contribution in [-0.2, 0) is 4.74 Å². The Morgan fingerprint density at radius 3 is 2.86 bits per heavy atom. The molecule has 3 heteroatoms. The first kappa shape index (κ1) is 11.1. The van der Waals surface area contributed by atoms with E-state index in [1.54, 1.807) is 18.9 Å². The highest BCUT2D eigenvalue weighted by Crippen LogP contribution is 2.22. The van der Waals surface area contributed by atoms with E-state index in [0.29, 0.717) is 0 Å². The number of hydrogen-bond acceptors (Lipinski definition) is 3. The molecule has 1 aromatic carbocycles. The Kier molecular flexibility index (Phi) is 4.51. The molecule has 0 bridgehead atoms. The zero-order valence-corrected chi connectivity index (χ0v) is 9.23. The van der Waals surface area contributed by atoms with E-state index in [2.05, 4.69) is 6.07 Å². The van der Waals surface area contributed by atoms with Crippen LogP contribution in [-0.4, -0.2) is 19.5 Å². The van der Waals surface area contributed by atoms with Gasteiger partial charge in [-0.15, -0.1) is 11.8 Å². The number of ether oxygens (including phenoxy) is 1. The van der Waals surface area contributed by atoms with Gasteiger partial charge in [-0.05, 0) is 30.7 Å². The van der Waals surface area contributed by atoms with E-state index < -0.39 is 0 Å². The SMILES string of the molecule is COCCSc1ccc(C#N)cc1C. The van der Waals surface area contributed by atoms with Crippen LogP contribution in [0.2, 0.25) is 0 Å². The Morgan fingerprint density at radius 2 is 2.29 bits per heavy atom. The lowest BCUT2D eigenvalue weighted by atomic mass is 10.2. The zero-order valence-electron chi connectivity index (χ0n) is 8.41. The number of nitrogens with zero attached hydrogens (tertiary/aromatic N) is 1. The van der Waals surface area contributed by atoms with Gasteiger partial charge >= 0.3 is 0 Å². The summed E-state index contributed by atoms with van der Waals surface area (Å²) in [4.78, 5) is 1.22. The Hall–Kier alpha value is -0.980. The molecule has 0 spiro atoms. The molecule has 2 nitrogen and oxygen atoms in total. The second kappa shape index (κ2) is 5.69. The predicted molar refractivity (Wildman–Crippen MR) is 58.5 cm³/mol. The molecule has 0 heterocycles. The van der Waals surface area contributed by atoms with Crippen molar-refractivity contribution in [2.75, 3.05) is 19.5 Å². The zero-order chi connectivity index (χ0) is 10.4. The first-order valence-corrected chi connectivity index (χ1v) is 5.39. The lowest BCUT2D eigenvalue weighted by Gasteiger charge is -2.04. The topological polar surface area (TPSA) is 33.0 Å². The van der Waals surface area contributed by atoms with E-state index in [9.17, 15) is 0 Å². The minimum absolute atomic E-state index is 0.721. The molecule has 14 heavy (non-hydrogen) atoms. The highest BCUT2D eigenvalue weighted by atomic mass is 32.2. The standard InChI is InChI=1S/C11H13NOS/c1-9-7-10(8-12)3-4-11(9)14-6-5-13-2/h3-4,7H,5-6H2,1-2H3. The van der Waals surface area contributed by atoms with Crippen molar-refractivity contribution in [2.24, 2.45) is 0 Å². The molecule has 0 atom stereocenters. The van der Waals surface area contributed by atoms with Crippen molar-refractivity contribution in [3.63, 3.8) is 0 Å². The summed E-state index contributed by atoms with van der Waals surface area (Å²) in [6, 6.07) is 7.88. The van der Waals surface area contributed by atoms with Gasteiger partial charge in [0.05, 0.1) is 18.2 Å². The van der Waals surface area contributed by atoms with Gasteiger partial charge in [-0.3, -0.25) is 0 Å². The molecular formula is C11H13NOS. The van der Waals surface area contributed by atoms with Crippen LogP contribution >= 0.6 is 11.8 Å². The smallest absolute Gasteiger partial charge is 0.0991 e. The average Bonchev–Trinajstić information content (AvgIpc) is 2.20. The fourth-order valence-corrected chi connectivity index (χ4v) is 2.04. The van der Waals surface area contributed by atoms with Gasteiger partial charge in [0.15, 0.2) is 0 Å². The summed E-state index contributed by atoms with van der Waals surface area (Å²) < 4.78 is 4.98. The van der Waals surface area contributed by atoms with E-state index in [4.69, 9.17) is 10.00 Å². The lowest BCUT2D eigenvalue weighted by molar-refractivity contribution is 0.218. The van der Waals surface area contributed by atoms with E-state index in [0.717, 1.165) is 23.5 Å². The van der Waals surface area contributed by atoms with Crippen LogP contribution in [0, 0.1) is 18.3 Å². The van der Waals surface area contributed by atoms with Crippen LogP contribution in [0.25, 0.3) is 0 Å². The van der Waals surface area contributed by atoms with Gasteiger partial charge in [0.25, 0.3) is 0 Å². The summed E-state index contributed by atoms with van der Waals surface area (Å²) in [5.41, 5.74) is 1.88. The van der Waals surface area contributed by atoms with Crippen molar-refractivity contribution < 1.29 is 4.74 Å². The molecule has 0 aliphatic rings. The number of thioether (sulfide) groups is 1. The minimum Gasteiger partial charge on any atom is -0.384 e. The summed E-state index contributed by atoms with van der Waals surface area (Å²) in [5.74, 6) is 0.948. The number of methoxy groups -OCH3 is 1. The Labute approximate surface area is 88.9 Å². The second-order valence-corrected chi connectivity index (χ2v) is 4.07. The molecule has 0 unspecified atom stereocenters. The number of nitriles is 1. The monoisotopic (exact) mass is 207 g/mol. The predicted octanol–water partition coefficient (Wildman–Crippen LogP) is 2.61. The molecule has 0 amide bonds. The van der Waals surface area contributed by atoms with Gasteiger partial charge < -0.3 is 4.74 Å². The van der Waals surface area contributed by atoms with Crippen LogP contribution in [0.1, 0.15) is 11.1 Å². The normalized spacial score (nSPS) is 9.79. The van der Waals surface area contributed by atoms with Crippen LogP contribution in [0.4, 0.5) is 0 Å². The molecule has 0 aliphatic carbocycles. The highest BCUT2D eigenvalue weighted by Gasteiger charge is 1.99. The van der Waals surface area contributed by atoms with Crippen molar-refractivity contribution in [1.82, 2.24) is 0 Å². The third-order valence-corrected chi connectivity index (χ3v) is 2.99. The van der Waals surface area contributed by atoms with Gasteiger partial charge in [0.1, 0.15) is 0 Å². The van der Waals surface area contributed by atoms with Crippen molar-refractivity contribution in [2.45, 2.75) is 11.8 Å². The van der Waals surface area contributed by atoms with Crippen molar-refractivity contribution in [3.05, 3.63) is 29.3 Å². The molecule has 74 valence electrons. The average molecular weight is 207 g/mol. The molecular weight excluding hydrogens is 194 g/mol. The summed E-state index contributed by atoms with van der Waals surface area (Å²) in [6.45, 7) is 2.78. The van der Waals surface area contributed by atoms with Gasteiger partial charge in [-0.1, -0.05) is 0 Å². The van der Waals surface area contributed by atoms with Crippen molar-refractivity contribution in [1.29, 1.82) is 5.26 Å². The minimum atomic E-state index is 0.721. The van der Waals surface area contributed by atoms with Gasteiger partial charge in [0.2, 0.25) is 0 Å². The summed E-state index contributed by atoms with van der Waals surface area (Å²) in [7, 11) is 1.70. The molecule has 0 radical (unpaired) electrons. The fourth-order valence-electron chi connectivity index (χ4n) is 1.12. The maximum atomic E-state index is 8.69. The second-order valence-electron chi connectivity index (χ2n) is 2.93. The number of rotatable bonds is 4. The summed E-state index contributed by atoms with van der Waals surface area (Å²) >= 11 is 1.76. The molecule has 0 aromatic heterocycles. The first-order valence-electron chi connectivity index (χ1n) is 4.40. The Balaban J connectivity index is 2.65. The van der Waals surface area contributed by atoms with E-state index in [1.807, 2.05) is 25.1 Å². The largest absolute Gasteiger partial charge is 0.384 e. The molecule has 0 saturated heterocycles. The van der Waals surface area contributed by atoms with Gasteiger partial charge in [-0.2, -0.15) is 5.26 Å². The molecule has 0 aliphatic heterocycles. The van der Waals surface area contributed by atoms with E-state index in [1.165, 1.54) is 4.90 Å². The first-order chi connectivity index (χ1) is 6.77. The number of benzene rings is 1. The van der Waals surface area contributed by atoms with Crippen LogP contribution in [0.3, 0.4) is 0 Å². The van der Waals surface area contributed by atoms with Crippen molar-refractivity contribution >= 4 is 11.8 Å². The molecule has 0 N–H and O–H groups in total. The molecule has 0 saturated carbocycles. The van der Waals surface area contributed by atoms with Gasteiger partial charge in [0, 0.05) is 17.8 Å². The fraction of sp³-hybridized carbons (Fsp3) is 0.364. The number of hydrogen-bond donors (Lipinski definition) is 0. The quantitative estimate of drug-likeness (QED) is 0.562. The van der Waals surface area contributed by atoms with Crippen LogP contribution < -0.4 is 0 Å². The highest BCUT2D eigenvalue weighted by molar-refractivity contribution is 7.99. The molecule has 0 fully saturated rings. The van der Waals surface area contributed by atoms with Crippen molar-refractivity contribution in [3.8, 4) is 6.07 Å². The molecule has 1 rings (SSSR count). The molecule has 1 aromatic rings. The van der Waals surface area contributed by atoms with Crippen LogP contribution in [0.15, 0.2) is 23.1 Å². The van der Waals surface area contributed by atoms with Crippen LogP contribution in [0.5, 0.6) is 0 Å². The lowest BCUT2D eigenvalue weighted by Crippen LogP contribution is -1.92. The summed E-state index contributed by atoms with van der Waals surface area (Å²) in [6.07, 6.45) is 0. The maximum Gasteiger partial charge on any atom is 0.0991 e. The summed E-state index contributed by atoms with van der Waals surface area (Å²) in [5, 5.41) is 8.69. The van der Waals surface area contributed by atoms with E-state index in [-0.39, 0.29) is 0 Å². The third-order valence-electron chi connectivity index (χ3n) is 1.85. The Bertz CT molecular complexity index is 344. The number of aryl methyl sites for hydroxylation is 1. The van der Waals surface area contributed by atoms with Gasteiger partial charge in [-0.25, -0.2) is 0 Å². The van der Waals surface area contributed by atoms with E-state index >= 15 is 0 Å².